The second-order valence-corrected chi connectivity index (χ2v) is 16.0. The van der Waals surface area contributed by atoms with Crippen LogP contribution in [0.2, 0.25) is 6.04 Å². The highest BCUT2D eigenvalue weighted by molar-refractivity contribution is 7.98. The van der Waals surface area contributed by atoms with Gasteiger partial charge < -0.3 is 34.1 Å². The van der Waals surface area contributed by atoms with Gasteiger partial charge in [-0.25, -0.2) is 0 Å². The molecule has 0 fully saturated rings. The van der Waals surface area contributed by atoms with Crippen LogP contribution in [0.5, 0.6) is 11.5 Å². The maximum absolute atomic E-state index is 12.8. The number of azo groups is 1. The summed E-state index contributed by atoms with van der Waals surface area (Å²) in [5.41, 5.74) is 4.99. The molecule has 0 spiro atoms. The minimum absolute atomic E-state index is 0.0577. The number of carbonyl (C=O) groups is 1. The predicted molar refractivity (Wildman–Crippen MR) is 204 cm³/mol. The molecule has 0 saturated carbocycles. The van der Waals surface area contributed by atoms with Gasteiger partial charge in [-0.15, -0.1) is 5.11 Å². The van der Waals surface area contributed by atoms with E-state index in [0.717, 1.165) is 53.3 Å². The van der Waals surface area contributed by atoms with Gasteiger partial charge in [0.25, 0.3) is 5.91 Å². The van der Waals surface area contributed by atoms with Crippen LogP contribution in [0.25, 0.3) is 0 Å². The van der Waals surface area contributed by atoms with Gasteiger partial charge in [0.1, 0.15) is 24.7 Å². The molecule has 1 amide bonds. The molecule has 264 valence electrons. The molecule has 0 bridgehead atoms. The van der Waals surface area contributed by atoms with Gasteiger partial charge in [-0.05, 0) is 61.4 Å². The molecular formula is C37H44N4O6S2Si. The zero-order valence-electron chi connectivity index (χ0n) is 27.9. The average Bonchev–Trinajstić information content (AvgIpc) is 3.12. The van der Waals surface area contributed by atoms with Crippen LogP contribution in [0.3, 0.4) is 0 Å². The topological polar surface area (TPSA) is 136 Å². The third-order valence-corrected chi connectivity index (χ3v) is 10.9. The Bertz CT molecular complexity index is 1630. The highest BCUT2D eigenvalue weighted by Gasteiger charge is 2.25. The molecule has 0 unspecified atom stereocenters. The molecule has 1 aliphatic heterocycles. The average molecular weight is 733 g/mol. The summed E-state index contributed by atoms with van der Waals surface area (Å²) in [6.45, 7) is 3.09. The number of ether oxygens (including phenoxy) is 2. The Kier molecular flexibility index (Phi) is 14.6. The van der Waals surface area contributed by atoms with Crippen molar-refractivity contribution in [2.75, 3.05) is 49.3 Å². The number of fused-ring (bicyclic) bond motifs is 2. The van der Waals surface area contributed by atoms with E-state index in [1.807, 2.05) is 59.9 Å². The number of nitrogens with one attached hydrogen (secondary N) is 1. The second kappa shape index (κ2) is 19.5. The third-order valence-electron chi connectivity index (χ3n) is 7.93. The van der Waals surface area contributed by atoms with Gasteiger partial charge >= 0.3 is 8.80 Å². The van der Waals surface area contributed by atoms with Crippen molar-refractivity contribution in [2.24, 2.45) is 10.2 Å². The van der Waals surface area contributed by atoms with Crippen molar-refractivity contribution in [3.63, 3.8) is 0 Å². The number of anilines is 1. The lowest BCUT2D eigenvalue weighted by molar-refractivity contribution is 0.0954. The van der Waals surface area contributed by atoms with E-state index >= 15 is 0 Å². The summed E-state index contributed by atoms with van der Waals surface area (Å²) in [7, 11) is -4.06. The van der Waals surface area contributed by atoms with E-state index in [2.05, 4.69) is 56.8 Å². The Morgan fingerprint density at radius 2 is 1.32 bits per heavy atom. The minimum Gasteiger partial charge on any atom is -0.490 e. The van der Waals surface area contributed by atoms with Crippen molar-refractivity contribution in [3.8, 4) is 11.5 Å². The lowest BCUT2D eigenvalue weighted by Gasteiger charge is -2.25. The fourth-order valence-corrected chi connectivity index (χ4v) is 7.92. The third kappa shape index (κ3) is 12.2. The maximum atomic E-state index is 12.8. The molecule has 4 N–H and O–H groups in total. The number of benzene rings is 4. The van der Waals surface area contributed by atoms with Gasteiger partial charge in [-0.3, -0.25) is 4.79 Å². The number of thioether (sulfide) groups is 2. The lowest BCUT2D eigenvalue weighted by Crippen LogP contribution is -2.34. The molecule has 1 heterocycles. The zero-order chi connectivity index (χ0) is 35.0. The fraction of sp³-hybridized carbons (Fsp3) is 0.324. The first kappa shape index (κ1) is 37.4. The molecule has 10 nitrogen and oxygen atoms in total. The van der Waals surface area contributed by atoms with E-state index < -0.39 is 8.80 Å². The highest BCUT2D eigenvalue weighted by atomic mass is 32.2. The molecule has 50 heavy (non-hydrogen) atoms. The first-order valence-electron chi connectivity index (χ1n) is 16.7. The molecule has 1 aliphatic rings. The summed E-state index contributed by atoms with van der Waals surface area (Å²) < 4.78 is 12.2. The quantitative estimate of drug-likeness (QED) is 0.0817. The van der Waals surface area contributed by atoms with Gasteiger partial charge in [-0.2, -0.15) is 28.6 Å². The second-order valence-electron chi connectivity index (χ2n) is 11.7. The number of nitrogens with zero attached hydrogens (tertiary/aromatic N) is 3. The Morgan fingerprint density at radius 3 is 1.94 bits per heavy atom. The summed E-state index contributed by atoms with van der Waals surface area (Å²) >= 11 is 3.78. The number of hydrogen-bond donors (Lipinski definition) is 4. The molecule has 0 saturated heterocycles. The van der Waals surface area contributed by atoms with Gasteiger partial charge in [-0.1, -0.05) is 48.5 Å². The van der Waals surface area contributed by atoms with Crippen LogP contribution in [-0.4, -0.2) is 73.5 Å². The normalized spacial score (nSPS) is 14.9. The van der Waals surface area contributed by atoms with Crippen molar-refractivity contribution in [3.05, 3.63) is 114 Å². The van der Waals surface area contributed by atoms with E-state index in [4.69, 9.17) is 23.9 Å². The van der Waals surface area contributed by atoms with Gasteiger partial charge in [0.05, 0.1) is 16.9 Å². The number of hydrogen-bond acceptors (Lipinski definition) is 11. The Hall–Kier alpha value is -3.85. The smallest absolute Gasteiger partial charge is 0.490 e. The standard InChI is InChI=1S/C37H44N4O6S2Si/c42-37(38-19-7-8-26-50(43,44)45)33-11-3-4-12-34(33)40-39-31-15-17-32(18-16-31)41-20-24-48-27-29-9-1-5-13-35(29)46-22-23-47-36-14-6-2-10-30(36)28-49-25-21-41/h1-6,9-18,43-45H,7-8,19-28H2,(H,38,42). The fourth-order valence-electron chi connectivity index (χ4n) is 5.29. The number of rotatable bonds is 9. The van der Waals surface area contributed by atoms with Crippen LogP contribution >= 0.6 is 23.5 Å². The monoisotopic (exact) mass is 732 g/mol. The maximum Gasteiger partial charge on any atom is 0.492 e. The molecule has 0 aromatic heterocycles. The lowest BCUT2D eigenvalue weighted by atomic mass is 10.1. The van der Waals surface area contributed by atoms with Crippen molar-refractivity contribution in [1.82, 2.24) is 5.32 Å². The van der Waals surface area contributed by atoms with E-state index in [0.29, 0.717) is 49.5 Å². The first-order valence-corrected chi connectivity index (χ1v) is 21.1. The number of amides is 1. The highest BCUT2D eigenvalue weighted by Crippen LogP contribution is 2.28. The van der Waals surface area contributed by atoms with Crippen molar-refractivity contribution in [1.29, 1.82) is 0 Å². The van der Waals surface area contributed by atoms with Gasteiger partial charge in [0.15, 0.2) is 0 Å². The SMILES string of the molecule is O=C(NCCCC[Si](O)(O)O)c1ccccc1N=Nc1ccc(N2CCSCc3ccccc3OCCOc3ccccc3CSCC2)cc1. The summed E-state index contributed by atoms with van der Waals surface area (Å²) in [4.78, 5) is 42.7. The summed E-state index contributed by atoms with van der Waals surface area (Å²) in [5, 5.41) is 11.6. The molecule has 0 atom stereocenters. The van der Waals surface area contributed by atoms with Gasteiger partial charge in [0, 0.05) is 65.5 Å². The summed E-state index contributed by atoms with van der Waals surface area (Å²) in [5.74, 6) is 5.15. The van der Waals surface area contributed by atoms with Crippen LogP contribution in [0.15, 0.2) is 107 Å². The number of unbranched alkanes of at least 4 members (excludes halogenated alkanes) is 1. The largest absolute Gasteiger partial charge is 0.492 e. The molecule has 0 aliphatic carbocycles. The molecule has 4 aromatic carbocycles. The summed E-state index contributed by atoms with van der Waals surface area (Å²) in [6, 6.07) is 31.4. The molecule has 4 aromatic rings. The van der Waals surface area contributed by atoms with Crippen molar-refractivity contribution >= 4 is 55.3 Å². The molecular weight excluding hydrogens is 689 g/mol. The zero-order valence-corrected chi connectivity index (χ0v) is 30.6. The Balaban J connectivity index is 1.22. The van der Waals surface area contributed by atoms with Crippen LogP contribution < -0.4 is 19.7 Å². The van der Waals surface area contributed by atoms with E-state index in [1.54, 1.807) is 24.3 Å². The van der Waals surface area contributed by atoms with E-state index in [1.165, 1.54) is 11.1 Å². The van der Waals surface area contributed by atoms with Crippen LogP contribution in [0, 0.1) is 0 Å². The van der Waals surface area contributed by atoms with E-state index in [9.17, 15) is 4.79 Å². The van der Waals surface area contributed by atoms with Crippen LogP contribution in [0.1, 0.15) is 34.3 Å². The summed E-state index contributed by atoms with van der Waals surface area (Å²) in [6.07, 6.45) is 0.912. The molecule has 0 radical (unpaired) electrons. The molecule has 13 heteroatoms. The Morgan fingerprint density at radius 1 is 0.740 bits per heavy atom. The van der Waals surface area contributed by atoms with Crippen molar-refractivity contribution in [2.45, 2.75) is 30.4 Å². The van der Waals surface area contributed by atoms with E-state index in [-0.39, 0.29) is 12.0 Å². The van der Waals surface area contributed by atoms with Crippen molar-refractivity contribution < 1.29 is 28.7 Å². The minimum atomic E-state index is -4.06. The van der Waals surface area contributed by atoms with Crippen LogP contribution in [-0.2, 0) is 11.5 Å². The first-order chi connectivity index (χ1) is 24.4. The molecule has 5 rings (SSSR count). The number of para-hydroxylation sites is 2. The van der Waals surface area contributed by atoms with Crippen LogP contribution in [0.4, 0.5) is 17.1 Å². The number of carbonyl (C=O) groups excluding carboxylic acids is 1. The van der Waals surface area contributed by atoms with Gasteiger partial charge in [0.2, 0.25) is 0 Å². The predicted octanol–water partition coefficient (Wildman–Crippen LogP) is 6.97. The Labute approximate surface area is 303 Å².